The predicted octanol–water partition coefficient (Wildman–Crippen LogP) is 2.89. The van der Waals surface area contributed by atoms with Gasteiger partial charge < -0.3 is 9.30 Å². The zero-order chi connectivity index (χ0) is 15.5. The maximum absolute atomic E-state index is 11.6. The van der Waals surface area contributed by atoms with Crippen molar-refractivity contribution in [2.45, 2.75) is 32.2 Å². The van der Waals surface area contributed by atoms with Crippen molar-refractivity contribution >= 4 is 17.0 Å². The minimum Gasteiger partial charge on any atom is -0.469 e. The molecule has 3 rings (SSSR count). The molecule has 2 aromatic rings. The van der Waals surface area contributed by atoms with Crippen molar-refractivity contribution in [2.24, 2.45) is 11.8 Å². The van der Waals surface area contributed by atoms with Gasteiger partial charge in [0.2, 0.25) is 0 Å². The number of nitrogens with zero attached hydrogens (tertiary/aromatic N) is 3. The molecule has 5 nitrogen and oxygen atoms in total. The average Bonchev–Trinajstić information content (AvgIpc) is 2.97. The van der Waals surface area contributed by atoms with E-state index in [1.54, 1.807) is 0 Å². The Bertz CT molecular complexity index is 721. The number of hydrogen-bond donors (Lipinski definition) is 0. The van der Waals surface area contributed by atoms with Gasteiger partial charge in [-0.05, 0) is 49.8 Å². The van der Waals surface area contributed by atoms with Crippen LogP contribution in [0.4, 0.5) is 0 Å². The number of benzene rings is 1. The molecular weight excluding hydrogens is 278 g/mol. The van der Waals surface area contributed by atoms with Crippen LogP contribution in [0.15, 0.2) is 24.5 Å². The quantitative estimate of drug-likeness (QED) is 0.817. The van der Waals surface area contributed by atoms with E-state index in [0.29, 0.717) is 11.5 Å². The molecule has 1 fully saturated rings. The Labute approximate surface area is 129 Å². The number of ether oxygens (including phenoxy) is 1. The lowest BCUT2D eigenvalue weighted by Gasteiger charge is -2.27. The predicted molar refractivity (Wildman–Crippen MR) is 81.9 cm³/mol. The summed E-state index contributed by atoms with van der Waals surface area (Å²) in [6.07, 6.45) is 5.73. The number of imidazole rings is 1. The first kappa shape index (κ1) is 14.6. The van der Waals surface area contributed by atoms with Crippen LogP contribution in [0.25, 0.3) is 11.0 Å². The minimum absolute atomic E-state index is 0.0685. The van der Waals surface area contributed by atoms with Crippen LogP contribution >= 0.6 is 0 Å². The molecule has 0 saturated heterocycles. The second-order valence-electron chi connectivity index (χ2n) is 5.95. The first-order valence-electron chi connectivity index (χ1n) is 7.64. The molecule has 0 aliphatic heterocycles. The van der Waals surface area contributed by atoms with Gasteiger partial charge in [-0.3, -0.25) is 4.79 Å². The molecule has 114 valence electrons. The number of hydrogen-bond acceptors (Lipinski definition) is 4. The summed E-state index contributed by atoms with van der Waals surface area (Å²) in [6, 6.07) is 7.74. The Kier molecular flexibility index (Phi) is 4.10. The molecule has 5 heteroatoms. The molecule has 1 aromatic carbocycles. The van der Waals surface area contributed by atoms with Gasteiger partial charge in [0.1, 0.15) is 0 Å². The molecule has 0 spiro atoms. The molecule has 0 amide bonds. The van der Waals surface area contributed by atoms with Crippen molar-refractivity contribution in [3.05, 3.63) is 30.1 Å². The summed E-state index contributed by atoms with van der Waals surface area (Å²) in [6.45, 7) is 0.913. The van der Waals surface area contributed by atoms with Gasteiger partial charge in [-0.15, -0.1) is 0 Å². The number of fused-ring (bicyclic) bond motifs is 1. The third kappa shape index (κ3) is 2.82. The highest BCUT2D eigenvalue weighted by Crippen LogP contribution is 2.31. The lowest BCUT2D eigenvalue weighted by Crippen LogP contribution is -2.24. The van der Waals surface area contributed by atoms with Crippen molar-refractivity contribution in [3.63, 3.8) is 0 Å². The van der Waals surface area contributed by atoms with E-state index >= 15 is 0 Å². The van der Waals surface area contributed by atoms with Gasteiger partial charge in [-0.2, -0.15) is 5.26 Å². The Hall–Kier alpha value is -2.35. The summed E-state index contributed by atoms with van der Waals surface area (Å²) < 4.78 is 6.98. The Morgan fingerprint density at radius 1 is 1.41 bits per heavy atom. The SMILES string of the molecule is COC(=O)[C@H]1CC[C@H](Cn2cnc3cc(C#N)ccc32)CC1. The monoisotopic (exact) mass is 297 g/mol. The topological polar surface area (TPSA) is 67.9 Å². The zero-order valence-corrected chi connectivity index (χ0v) is 12.7. The average molecular weight is 297 g/mol. The highest BCUT2D eigenvalue weighted by Gasteiger charge is 2.27. The first-order valence-corrected chi connectivity index (χ1v) is 7.64. The lowest BCUT2D eigenvalue weighted by molar-refractivity contribution is -0.146. The third-order valence-electron chi connectivity index (χ3n) is 4.59. The van der Waals surface area contributed by atoms with Crippen molar-refractivity contribution in [1.82, 2.24) is 9.55 Å². The van der Waals surface area contributed by atoms with Gasteiger partial charge >= 0.3 is 5.97 Å². The molecule has 0 radical (unpaired) electrons. The molecule has 1 aliphatic carbocycles. The Morgan fingerprint density at radius 2 is 2.18 bits per heavy atom. The maximum Gasteiger partial charge on any atom is 0.308 e. The van der Waals surface area contributed by atoms with Crippen molar-refractivity contribution in [2.75, 3.05) is 7.11 Å². The largest absolute Gasteiger partial charge is 0.469 e. The summed E-state index contributed by atoms with van der Waals surface area (Å²) in [4.78, 5) is 15.9. The third-order valence-corrected chi connectivity index (χ3v) is 4.59. The van der Waals surface area contributed by atoms with Crippen molar-refractivity contribution in [1.29, 1.82) is 5.26 Å². The molecule has 0 unspecified atom stereocenters. The summed E-state index contributed by atoms with van der Waals surface area (Å²) >= 11 is 0. The van der Waals surface area contributed by atoms with Crippen molar-refractivity contribution in [3.8, 4) is 6.07 Å². The molecule has 0 atom stereocenters. The normalized spacial score (nSPS) is 21.5. The summed E-state index contributed by atoms with van der Waals surface area (Å²) in [5.41, 5.74) is 2.56. The second kappa shape index (κ2) is 6.18. The van der Waals surface area contributed by atoms with Crippen LogP contribution in [0.2, 0.25) is 0 Å². The van der Waals surface area contributed by atoms with Crippen LogP contribution in [0.3, 0.4) is 0 Å². The summed E-state index contributed by atoms with van der Waals surface area (Å²) in [5.74, 6) is 0.559. The highest BCUT2D eigenvalue weighted by molar-refractivity contribution is 5.77. The van der Waals surface area contributed by atoms with E-state index in [-0.39, 0.29) is 11.9 Å². The molecule has 0 N–H and O–H groups in total. The standard InChI is InChI=1S/C17H19N3O2/c1-22-17(21)14-5-2-12(3-6-14)10-20-11-19-15-8-13(9-18)4-7-16(15)20/h4,7-8,11-12,14H,2-3,5-6,10H2,1H3/t12-,14-. The Balaban J connectivity index is 1.67. The van der Waals surface area contributed by atoms with Gasteiger partial charge in [0, 0.05) is 6.54 Å². The molecule has 1 saturated carbocycles. The van der Waals surface area contributed by atoms with E-state index in [2.05, 4.69) is 15.6 Å². The molecule has 1 aromatic heterocycles. The van der Waals surface area contributed by atoms with Gasteiger partial charge in [-0.25, -0.2) is 4.98 Å². The van der Waals surface area contributed by atoms with E-state index in [4.69, 9.17) is 10.00 Å². The summed E-state index contributed by atoms with van der Waals surface area (Å²) in [7, 11) is 1.46. The number of aromatic nitrogens is 2. The van der Waals surface area contributed by atoms with Crippen LogP contribution in [0, 0.1) is 23.2 Å². The van der Waals surface area contributed by atoms with Gasteiger partial charge in [0.25, 0.3) is 0 Å². The minimum atomic E-state index is -0.0736. The number of methoxy groups -OCH3 is 1. The van der Waals surface area contributed by atoms with E-state index in [1.807, 2.05) is 24.5 Å². The molecule has 1 aliphatic rings. The fraction of sp³-hybridized carbons (Fsp3) is 0.471. The second-order valence-corrected chi connectivity index (χ2v) is 5.95. The number of esters is 1. The van der Waals surface area contributed by atoms with Crippen LogP contribution in [-0.2, 0) is 16.1 Å². The van der Waals surface area contributed by atoms with E-state index in [0.717, 1.165) is 43.3 Å². The van der Waals surface area contributed by atoms with Crippen LogP contribution in [-0.4, -0.2) is 22.6 Å². The molecule has 1 heterocycles. The lowest BCUT2D eigenvalue weighted by atomic mass is 9.82. The Morgan fingerprint density at radius 3 is 2.86 bits per heavy atom. The van der Waals surface area contributed by atoms with Gasteiger partial charge in [0.05, 0.1) is 42.0 Å². The molecule has 0 bridgehead atoms. The fourth-order valence-electron chi connectivity index (χ4n) is 3.30. The van der Waals surface area contributed by atoms with Crippen molar-refractivity contribution < 1.29 is 9.53 Å². The molecule has 22 heavy (non-hydrogen) atoms. The fourth-order valence-corrected chi connectivity index (χ4v) is 3.30. The first-order chi connectivity index (χ1) is 10.7. The smallest absolute Gasteiger partial charge is 0.308 e. The van der Waals surface area contributed by atoms with Crippen LogP contribution < -0.4 is 0 Å². The zero-order valence-electron chi connectivity index (χ0n) is 12.7. The number of carbonyl (C=O) groups is 1. The maximum atomic E-state index is 11.6. The van der Waals surface area contributed by atoms with Gasteiger partial charge in [-0.1, -0.05) is 0 Å². The number of carbonyl (C=O) groups excluding carboxylic acids is 1. The summed E-state index contributed by atoms with van der Waals surface area (Å²) in [5, 5.41) is 8.93. The van der Waals surface area contributed by atoms with E-state index in [9.17, 15) is 4.79 Å². The van der Waals surface area contributed by atoms with Crippen LogP contribution in [0.5, 0.6) is 0 Å². The van der Waals surface area contributed by atoms with E-state index in [1.165, 1.54) is 7.11 Å². The van der Waals surface area contributed by atoms with E-state index < -0.39 is 0 Å². The number of rotatable bonds is 3. The number of nitriles is 1. The van der Waals surface area contributed by atoms with Gasteiger partial charge in [0.15, 0.2) is 0 Å². The highest BCUT2D eigenvalue weighted by atomic mass is 16.5. The van der Waals surface area contributed by atoms with Crippen LogP contribution in [0.1, 0.15) is 31.2 Å². The molecular formula is C17H19N3O2.